The second kappa shape index (κ2) is 11.8. The van der Waals surface area contributed by atoms with Crippen LogP contribution in [-0.4, -0.2) is 61.1 Å². The average molecular weight is 488 g/mol. The third-order valence-electron chi connectivity index (χ3n) is 5.30. The summed E-state index contributed by atoms with van der Waals surface area (Å²) < 4.78 is 28.0. The van der Waals surface area contributed by atoms with E-state index in [4.69, 9.17) is 23.7 Å². The van der Waals surface area contributed by atoms with Crippen molar-refractivity contribution < 1.29 is 42.9 Å². The molecular weight excluding hydrogens is 458 g/mol. The van der Waals surface area contributed by atoms with Crippen molar-refractivity contribution in [1.29, 1.82) is 0 Å². The lowest BCUT2D eigenvalue weighted by atomic mass is 9.96. The van der Waals surface area contributed by atoms with Crippen LogP contribution >= 0.6 is 0 Å². The molecule has 10 heteroatoms. The largest absolute Gasteiger partial charge is 0.463 e. The van der Waals surface area contributed by atoms with E-state index in [0.717, 1.165) is 16.3 Å². The molecule has 0 radical (unpaired) electrons. The van der Waals surface area contributed by atoms with Crippen LogP contribution in [0.4, 0.5) is 0 Å². The van der Waals surface area contributed by atoms with E-state index < -0.39 is 54.5 Å². The molecule has 1 saturated heterocycles. The number of benzene rings is 2. The Morgan fingerprint density at radius 2 is 1.51 bits per heavy atom. The lowest BCUT2D eigenvalue weighted by Crippen LogP contribution is -2.66. The number of nitrogens with one attached hydrogen (secondary N) is 1. The third kappa shape index (κ3) is 7.24. The highest BCUT2D eigenvalue weighted by molar-refractivity contribution is 5.83. The molecule has 35 heavy (non-hydrogen) atoms. The number of ether oxygens (including phenoxy) is 5. The number of carbonyl (C=O) groups is 4. The molecule has 0 saturated carbocycles. The smallest absolute Gasteiger partial charge is 0.303 e. The van der Waals surface area contributed by atoms with Gasteiger partial charge >= 0.3 is 17.9 Å². The molecule has 188 valence electrons. The lowest BCUT2D eigenvalue weighted by Gasteiger charge is -2.44. The van der Waals surface area contributed by atoms with Gasteiger partial charge in [-0.1, -0.05) is 36.4 Å². The monoisotopic (exact) mass is 487 g/mol. The fraction of sp³-hybridized carbons (Fsp3) is 0.440. The second-order valence-corrected chi connectivity index (χ2v) is 8.21. The molecule has 0 unspecified atom stereocenters. The average Bonchev–Trinajstić information content (AvgIpc) is 2.78. The Kier molecular flexibility index (Phi) is 8.78. The van der Waals surface area contributed by atoms with Crippen LogP contribution in [0.25, 0.3) is 10.8 Å². The van der Waals surface area contributed by atoms with E-state index in [0.29, 0.717) is 0 Å². The Morgan fingerprint density at radius 1 is 0.857 bits per heavy atom. The standard InChI is InChI=1S/C25H29NO9/c1-14(27)26-22-24(34-17(4)30)23(33-16(3)29)21(13-31-15(2)28)35-25(22)32-12-18-9-10-19-7-5-6-8-20(19)11-18/h5-11,21-25H,12-13H2,1-4H3,(H,26,27)/t21-,22+,23-,24+,25-/m1/s1. The molecule has 1 N–H and O–H groups in total. The number of amides is 1. The van der Waals surface area contributed by atoms with Gasteiger partial charge < -0.3 is 29.0 Å². The van der Waals surface area contributed by atoms with Gasteiger partial charge in [-0.3, -0.25) is 19.2 Å². The Labute approximate surface area is 202 Å². The molecule has 0 aliphatic carbocycles. The number of hydrogen-bond donors (Lipinski definition) is 1. The highest BCUT2D eigenvalue weighted by Gasteiger charge is 2.51. The predicted molar refractivity (Wildman–Crippen MR) is 123 cm³/mol. The number of hydrogen-bond acceptors (Lipinski definition) is 9. The molecule has 1 aliphatic heterocycles. The summed E-state index contributed by atoms with van der Waals surface area (Å²) >= 11 is 0. The molecule has 1 heterocycles. The molecule has 2 aromatic carbocycles. The molecule has 0 bridgehead atoms. The molecule has 0 aromatic heterocycles. The quantitative estimate of drug-likeness (QED) is 0.439. The van der Waals surface area contributed by atoms with Crippen LogP contribution < -0.4 is 5.32 Å². The van der Waals surface area contributed by atoms with Crippen LogP contribution in [0.5, 0.6) is 0 Å². The minimum Gasteiger partial charge on any atom is -0.463 e. The van der Waals surface area contributed by atoms with Gasteiger partial charge in [0.25, 0.3) is 0 Å². The zero-order valence-corrected chi connectivity index (χ0v) is 20.0. The molecule has 2 aromatic rings. The molecule has 10 nitrogen and oxygen atoms in total. The topological polar surface area (TPSA) is 126 Å². The van der Waals surface area contributed by atoms with Crippen molar-refractivity contribution in [3.05, 3.63) is 48.0 Å². The molecule has 3 rings (SSSR count). The Hall–Kier alpha value is -3.50. The van der Waals surface area contributed by atoms with Gasteiger partial charge in [0.15, 0.2) is 18.5 Å². The highest BCUT2D eigenvalue weighted by Crippen LogP contribution is 2.29. The van der Waals surface area contributed by atoms with E-state index in [1.54, 1.807) is 0 Å². The third-order valence-corrected chi connectivity index (χ3v) is 5.30. The SMILES string of the molecule is CC(=O)N[C@@H]1[C@H](OCc2ccc3ccccc3c2)O[C@H](COC(C)=O)[C@@H](OC(C)=O)[C@H]1OC(C)=O. The van der Waals surface area contributed by atoms with Crippen molar-refractivity contribution in [2.75, 3.05) is 6.61 Å². The lowest BCUT2D eigenvalue weighted by molar-refractivity contribution is -0.280. The summed E-state index contributed by atoms with van der Waals surface area (Å²) in [5.41, 5.74) is 0.844. The summed E-state index contributed by atoms with van der Waals surface area (Å²) in [6.07, 6.45) is -4.44. The van der Waals surface area contributed by atoms with Crippen LogP contribution in [0.3, 0.4) is 0 Å². The van der Waals surface area contributed by atoms with E-state index in [9.17, 15) is 19.2 Å². The van der Waals surface area contributed by atoms with Gasteiger partial charge in [0.2, 0.25) is 5.91 Å². The maximum atomic E-state index is 12.0. The van der Waals surface area contributed by atoms with Crippen molar-refractivity contribution >= 4 is 34.6 Å². The number of rotatable bonds is 8. The molecule has 5 atom stereocenters. The van der Waals surface area contributed by atoms with Crippen molar-refractivity contribution in [3.8, 4) is 0 Å². The minimum absolute atomic E-state index is 0.108. The predicted octanol–water partition coefficient (Wildman–Crippen LogP) is 2.01. The van der Waals surface area contributed by atoms with Crippen molar-refractivity contribution in [2.45, 2.75) is 64.9 Å². The van der Waals surface area contributed by atoms with Gasteiger partial charge in [-0.25, -0.2) is 0 Å². The van der Waals surface area contributed by atoms with E-state index in [1.807, 2.05) is 42.5 Å². The zero-order valence-electron chi connectivity index (χ0n) is 20.0. The van der Waals surface area contributed by atoms with Gasteiger partial charge in [0, 0.05) is 27.7 Å². The first-order chi connectivity index (χ1) is 16.6. The van der Waals surface area contributed by atoms with Gasteiger partial charge in [-0.05, 0) is 22.4 Å². The first kappa shape index (κ1) is 26.1. The number of fused-ring (bicyclic) bond motifs is 1. The summed E-state index contributed by atoms with van der Waals surface area (Å²) in [7, 11) is 0. The molecule has 1 amide bonds. The first-order valence-electron chi connectivity index (χ1n) is 11.1. The van der Waals surface area contributed by atoms with Gasteiger partial charge in [-0.2, -0.15) is 0 Å². The summed E-state index contributed by atoms with van der Waals surface area (Å²) in [5, 5.41) is 4.77. The Bertz CT molecular complexity index is 1090. The normalized spacial score (nSPS) is 23.8. The fourth-order valence-corrected chi connectivity index (χ4v) is 3.94. The maximum Gasteiger partial charge on any atom is 0.303 e. The fourth-order valence-electron chi connectivity index (χ4n) is 3.94. The number of carbonyl (C=O) groups excluding carboxylic acids is 4. The van der Waals surface area contributed by atoms with E-state index in [1.165, 1.54) is 27.7 Å². The van der Waals surface area contributed by atoms with E-state index in [2.05, 4.69) is 5.32 Å². The second-order valence-electron chi connectivity index (χ2n) is 8.21. The summed E-state index contributed by atoms with van der Waals surface area (Å²) in [6, 6.07) is 12.7. The zero-order chi connectivity index (χ0) is 25.5. The van der Waals surface area contributed by atoms with Crippen LogP contribution in [0.2, 0.25) is 0 Å². The minimum atomic E-state index is -1.16. The van der Waals surface area contributed by atoms with Crippen LogP contribution in [0.15, 0.2) is 42.5 Å². The summed E-state index contributed by atoms with van der Waals surface area (Å²) in [5.74, 6) is -2.34. The van der Waals surface area contributed by atoms with Crippen LogP contribution in [0.1, 0.15) is 33.3 Å². The van der Waals surface area contributed by atoms with Crippen LogP contribution in [-0.2, 0) is 49.5 Å². The molecular formula is C25H29NO9. The Balaban J connectivity index is 1.90. The van der Waals surface area contributed by atoms with Crippen molar-refractivity contribution in [2.24, 2.45) is 0 Å². The highest BCUT2D eigenvalue weighted by atomic mass is 16.7. The van der Waals surface area contributed by atoms with Gasteiger partial charge in [0.1, 0.15) is 18.8 Å². The van der Waals surface area contributed by atoms with Gasteiger partial charge in [0.05, 0.1) is 6.61 Å². The summed E-state index contributed by atoms with van der Waals surface area (Å²) in [4.78, 5) is 47.1. The van der Waals surface area contributed by atoms with E-state index in [-0.39, 0.29) is 13.2 Å². The van der Waals surface area contributed by atoms with Crippen molar-refractivity contribution in [3.63, 3.8) is 0 Å². The summed E-state index contributed by atoms with van der Waals surface area (Å²) in [6.45, 7) is 4.71. The molecule has 1 aliphatic rings. The van der Waals surface area contributed by atoms with E-state index >= 15 is 0 Å². The Morgan fingerprint density at radius 3 is 2.14 bits per heavy atom. The van der Waals surface area contributed by atoms with Crippen LogP contribution in [0, 0.1) is 0 Å². The maximum absolute atomic E-state index is 12.0. The molecule has 1 fully saturated rings. The first-order valence-corrected chi connectivity index (χ1v) is 11.1. The molecule has 0 spiro atoms. The van der Waals surface area contributed by atoms with Gasteiger partial charge in [-0.15, -0.1) is 0 Å². The van der Waals surface area contributed by atoms with Crippen molar-refractivity contribution in [1.82, 2.24) is 5.32 Å². The number of esters is 3.